The van der Waals surface area contributed by atoms with E-state index in [1.54, 1.807) is 22.9 Å². The summed E-state index contributed by atoms with van der Waals surface area (Å²) in [5.41, 5.74) is 6.72. The van der Waals surface area contributed by atoms with Gasteiger partial charge in [-0.1, -0.05) is 48.4 Å². The van der Waals surface area contributed by atoms with E-state index in [1.807, 2.05) is 42.6 Å². The van der Waals surface area contributed by atoms with Crippen molar-refractivity contribution >= 4 is 29.2 Å². The van der Waals surface area contributed by atoms with Crippen LogP contribution in [-0.2, 0) is 4.79 Å². The van der Waals surface area contributed by atoms with Crippen molar-refractivity contribution in [2.75, 3.05) is 5.32 Å². The van der Waals surface area contributed by atoms with E-state index in [2.05, 4.69) is 33.0 Å². The lowest BCUT2D eigenvalue weighted by Gasteiger charge is -2.21. The highest BCUT2D eigenvalue weighted by molar-refractivity contribution is 6.31. The number of nitrogens with zero attached hydrogens (tertiary/aromatic N) is 5. The van der Waals surface area contributed by atoms with Gasteiger partial charge in [0.25, 0.3) is 0 Å². The number of carboxylic acids is 1. The molecule has 0 fully saturated rings. The highest BCUT2D eigenvalue weighted by Gasteiger charge is 2.20. The number of carboxylic acid groups (broad SMARTS) is 1. The number of hydrogen-bond acceptors (Lipinski definition) is 6. The second-order valence-electron chi connectivity index (χ2n) is 9.93. The minimum absolute atomic E-state index is 0.0176. The van der Waals surface area contributed by atoms with E-state index in [0.29, 0.717) is 22.7 Å². The summed E-state index contributed by atoms with van der Waals surface area (Å²) in [5.74, 6) is -1.13. The van der Waals surface area contributed by atoms with Gasteiger partial charge in [0.05, 0.1) is 11.3 Å². The number of amides is 1. The molecule has 0 radical (unpaired) electrons. The molecule has 1 amide bonds. The van der Waals surface area contributed by atoms with Gasteiger partial charge in [-0.25, -0.2) is 4.79 Å². The van der Waals surface area contributed by atoms with Gasteiger partial charge in [-0.15, -0.1) is 5.10 Å². The molecule has 5 aromatic rings. The number of carbonyl (C=O) groups excluding carboxylic acids is 1. The number of carbonyl (C=O) groups is 2. The molecular formula is C31H25ClN6O3. The van der Waals surface area contributed by atoms with Crippen LogP contribution < -0.4 is 5.32 Å². The standard InChI is InChI=1S/C31H25ClN6O3/c32-23-10-13-29(38-18-34-36-37-38)26(16-23)22-9-11-27(33-17-22)24-6-1-2-7-30(39)35-28-12-8-21(31(40)41)15-25(28)20-5-3-4-19(24)14-20/h3-5,8-18,24H,1-2,6-7H2,(H,35,39)(H,40,41). The van der Waals surface area contributed by atoms with Crippen LogP contribution in [0.4, 0.5) is 5.69 Å². The van der Waals surface area contributed by atoms with Crippen LogP contribution in [0.2, 0.25) is 5.02 Å². The monoisotopic (exact) mass is 564 g/mol. The first kappa shape index (κ1) is 26.3. The third kappa shape index (κ3) is 5.57. The predicted molar refractivity (Wildman–Crippen MR) is 155 cm³/mol. The summed E-state index contributed by atoms with van der Waals surface area (Å²) in [6.07, 6.45) is 6.11. The van der Waals surface area contributed by atoms with Gasteiger partial charge in [0.1, 0.15) is 6.33 Å². The fraction of sp³-hybridized carbons (Fsp3) is 0.161. The number of hydrogen-bond donors (Lipinski definition) is 2. The highest BCUT2D eigenvalue weighted by atomic mass is 35.5. The molecule has 10 heteroatoms. The summed E-state index contributed by atoms with van der Waals surface area (Å²) in [6, 6.07) is 22.4. The summed E-state index contributed by atoms with van der Waals surface area (Å²) >= 11 is 6.34. The van der Waals surface area contributed by atoms with Crippen molar-refractivity contribution in [3.63, 3.8) is 0 Å². The number of benzene rings is 3. The first-order chi connectivity index (χ1) is 20.0. The van der Waals surface area contributed by atoms with E-state index < -0.39 is 5.97 Å². The van der Waals surface area contributed by atoms with Gasteiger partial charge in [0, 0.05) is 51.6 Å². The number of pyridine rings is 1. The Morgan fingerprint density at radius 3 is 2.66 bits per heavy atom. The van der Waals surface area contributed by atoms with Crippen molar-refractivity contribution in [2.45, 2.75) is 31.6 Å². The zero-order chi connectivity index (χ0) is 28.3. The van der Waals surface area contributed by atoms with Gasteiger partial charge >= 0.3 is 5.97 Å². The van der Waals surface area contributed by atoms with Crippen molar-refractivity contribution < 1.29 is 14.7 Å². The Labute approximate surface area is 240 Å². The van der Waals surface area contributed by atoms with Crippen LogP contribution in [0.3, 0.4) is 0 Å². The highest BCUT2D eigenvalue weighted by Crippen LogP contribution is 2.36. The molecule has 1 aliphatic heterocycles. The average Bonchev–Trinajstić information content (AvgIpc) is 3.52. The van der Waals surface area contributed by atoms with Crippen LogP contribution in [0.25, 0.3) is 27.9 Å². The number of tetrazole rings is 1. The quantitative estimate of drug-likeness (QED) is 0.259. The van der Waals surface area contributed by atoms with Gasteiger partial charge in [0.2, 0.25) is 5.91 Å². The summed E-state index contributed by atoms with van der Waals surface area (Å²) in [5, 5.41) is 24.7. The first-order valence-corrected chi connectivity index (χ1v) is 13.6. The molecule has 0 saturated heterocycles. The molecule has 2 bridgehead atoms. The van der Waals surface area contributed by atoms with Crippen molar-refractivity contribution in [3.05, 3.63) is 107 Å². The number of halogens is 1. The molecule has 0 aliphatic carbocycles. The third-order valence-corrected chi connectivity index (χ3v) is 7.53. The maximum atomic E-state index is 12.7. The van der Waals surface area contributed by atoms with E-state index in [-0.39, 0.29) is 17.4 Å². The third-order valence-electron chi connectivity index (χ3n) is 7.30. The number of anilines is 1. The molecule has 3 heterocycles. The fourth-order valence-corrected chi connectivity index (χ4v) is 5.43. The van der Waals surface area contributed by atoms with E-state index in [0.717, 1.165) is 52.9 Å². The Balaban J connectivity index is 1.40. The lowest BCUT2D eigenvalue weighted by atomic mass is 9.87. The van der Waals surface area contributed by atoms with Gasteiger partial charge in [-0.05, 0) is 76.9 Å². The van der Waals surface area contributed by atoms with Crippen LogP contribution in [0.15, 0.2) is 85.3 Å². The number of aromatic nitrogens is 5. The normalized spacial score (nSPS) is 15.2. The lowest BCUT2D eigenvalue weighted by Crippen LogP contribution is -2.13. The zero-order valence-corrected chi connectivity index (χ0v) is 22.6. The maximum Gasteiger partial charge on any atom is 0.335 e. The van der Waals surface area contributed by atoms with E-state index in [4.69, 9.17) is 16.6 Å². The second-order valence-corrected chi connectivity index (χ2v) is 10.4. The molecule has 6 rings (SSSR count). The fourth-order valence-electron chi connectivity index (χ4n) is 5.26. The van der Waals surface area contributed by atoms with E-state index >= 15 is 0 Å². The second kappa shape index (κ2) is 11.3. The largest absolute Gasteiger partial charge is 0.478 e. The van der Waals surface area contributed by atoms with Crippen LogP contribution in [0, 0.1) is 0 Å². The Morgan fingerprint density at radius 2 is 1.88 bits per heavy atom. The Bertz CT molecular complexity index is 1740. The number of nitrogens with one attached hydrogen (secondary N) is 1. The Morgan fingerprint density at radius 1 is 0.976 bits per heavy atom. The molecule has 1 atom stereocenters. The number of aromatic carboxylic acids is 1. The Kier molecular flexibility index (Phi) is 7.26. The van der Waals surface area contributed by atoms with Crippen LogP contribution in [-0.4, -0.2) is 42.2 Å². The van der Waals surface area contributed by atoms with Crippen LogP contribution >= 0.6 is 11.6 Å². The molecular weight excluding hydrogens is 540 g/mol. The van der Waals surface area contributed by atoms with E-state index in [9.17, 15) is 14.7 Å². The molecule has 9 nitrogen and oxygen atoms in total. The van der Waals surface area contributed by atoms with E-state index in [1.165, 1.54) is 12.4 Å². The zero-order valence-electron chi connectivity index (χ0n) is 21.9. The van der Waals surface area contributed by atoms with Crippen molar-refractivity contribution in [1.29, 1.82) is 0 Å². The van der Waals surface area contributed by atoms with Crippen LogP contribution in [0.5, 0.6) is 0 Å². The molecule has 41 heavy (non-hydrogen) atoms. The number of fused-ring (bicyclic) bond motifs is 4. The lowest BCUT2D eigenvalue weighted by molar-refractivity contribution is -0.116. The maximum absolute atomic E-state index is 12.7. The van der Waals surface area contributed by atoms with Crippen molar-refractivity contribution in [1.82, 2.24) is 25.2 Å². The minimum Gasteiger partial charge on any atom is -0.478 e. The van der Waals surface area contributed by atoms with Gasteiger partial charge < -0.3 is 10.4 Å². The van der Waals surface area contributed by atoms with Crippen LogP contribution in [0.1, 0.15) is 53.2 Å². The molecule has 1 aliphatic rings. The van der Waals surface area contributed by atoms with Gasteiger partial charge in [-0.3, -0.25) is 9.78 Å². The molecule has 2 aromatic heterocycles. The first-order valence-electron chi connectivity index (χ1n) is 13.2. The Hall–Kier alpha value is -4.89. The van der Waals surface area contributed by atoms with Gasteiger partial charge in [0.15, 0.2) is 0 Å². The SMILES string of the molecule is O=C1CCCCC(c2ccc(-c3cc(Cl)ccc3-n3cnnn3)cn2)c2cccc(c2)-c2cc(C(=O)O)ccc2N1. The molecule has 3 aromatic carbocycles. The molecule has 0 spiro atoms. The number of rotatable bonds is 4. The van der Waals surface area contributed by atoms with Gasteiger partial charge in [-0.2, -0.15) is 4.68 Å². The summed E-state index contributed by atoms with van der Waals surface area (Å²) in [4.78, 5) is 29.3. The predicted octanol–water partition coefficient (Wildman–Crippen LogP) is 6.39. The summed E-state index contributed by atoms with van der Waals surface area (Å²) < 4.78 is 1.58. The topological polar surface area (TPSA) is 123 Å². The van der Waals surface area contributed by atoms with Crippen molar-refractivity contribution in [3.8, 4) is 27.9 Å². The molecule has 204 valence electrons. The summed E-state index contributed by atoms with van der Waals surface area (Å²) in [6.45, 7) is 0. The van der Waals surface area contributed by atoms with Crippen molar-refractivity contribution in [2.24, 2.45) is 0 Å². The molecule has 1 unspecified atom stereocenters. The molecule has 2 N–H and O–H groups in total. The smallest absolute Gasteiger partial charge is 0.335 e. The minimum atomic E-state index is -1.02. The average molecular weight is 565 g/mol. The molecule has 0 saturated carbocycles. The summed E-state index contributed by atoms with van der Waals surface area (Å²) in [7, 11) is 0.